The van der Waals surface area contributed by atoms with Crippen molar-refractivity contribution in [3.8, 4) is 0 Å². The maximum Gasteiger partial charge on any atom is 0.292 e. The first-order valence-electron chi connectivity index (χ1n) is 6.76. The highest BCUT2D eigenvalue weighted by molar-refractivity contribution is 5.61. The number of nitro groups is 1. The molecule has 0 aliphatic carbocycles. The number of rotatable bonds is 4. The molecule has 19 heavy (non-hydrogen) atoms. The van der Waals surface area contributed by atoms with Gasteiger partial charge in [-0.05, 0) is 45.3 Å². The van der Waals surface area contributed by atoms with Crippen molar-refractivity contribution in [1.29, 1.82) is 0 Å². The third-order valence-electron chi connectivity index (χ3n) is 3.85. The minimum atomic E-state index is -0.331. The number of anilines is 1. The summed E-state index contributed by atoms with van der Waals surface area (Å²) in [5.41, 5.74) is 0.770. The standard InChI is InChI=1S/C14H21N3O2/c1-11(12-6-5-9-16(2)10-12)15-13-7-3-4-8-14(13)17(18)19/h3-4,7-8,11-12,15H,5-6,9-10H2,1-2H3. The van der Waals surface area contributed by atoms with Crippen molar-refractivity contribution in [3.63, 3.8) is 0 Å². The van der Waals surface area contributed by atoms with E-state index in [-0.39, 0.29) is 16.7 Å². The molecule has 2 atom stereocenters. The predicted octanol–water partition coefficient (Wildman–Crippen LogP) is 2.74. The Morgan fingerprint density at radius 3 is 2.89 bits per heavy atom. The smallest absolute Gasteiger partial charge is 0.292 e. The fourth-order valence-corrected chi connectivity index (χ4v) is 2.73. The summed E-state index contributed by atoms with van der Waals surface area (Å²) < 4.78 is 0. The van der Waals surface area contributed by atoms with Crippen LogP contribution in [0, 0.1) is 16.0 Å². The van der Waals surface area contributed by atoms with E-state index in [2.05, 4.69) is 24.2 Å². The number of para-hydroxylation sites is 2. The van der Waals surface area contributed by atoms with Crippen molar-refractivity contribution >= 4 is 11.4 Å². The molecule has 1 saturated heterocycles. The molecular formula is C14H21N3O2. The molecule has 1 fully saturated rings. The summed E-state index contributed by atoms with van der Waals surface area (Å²) in [5, 5.41) is 14.3. The lowest BCUT2D eigenvalue weighted by Crippen LogP contribution is -2.39. The minimum absolute atomic E-state index is 0.151. The van der Waals surface area contributed by atoms with Gasteiger partial charge in [-0.25, -0.2) is 0 Å². The number of hydrogen-bond donors (Lipinski definition) is 1. The Morgan fingerprint density at radius 1 is 1.47 bits per heavy atom. The molecule has 0 amide bonds. The molecule has 2 unspecified atom stereocenters. The number of piperidine rings is 1. The lowest BCUT2D eigenvalue weighted by atomic mass is 9.91. The SMILES string of the molecule is CC(Nc1ccccc1[N+](=O)[O-])C1CCCN(C)C1. The highest BCUT2D eigenvalue weighted by Gasteiger charge is 2.24. The topological polar surface area (TPSA) is 58.4 Å². The van der Waals surface area contributed by atoms with Gasteiger partial charge in [0.1, 0.15) is 5.69 Å². The summed E-state index contributed by atoms with van der Waals surface area (Å²) in [6.45, 7) is 4.31. The molecule has 1 aliphatic rings. The Morgan fingerprint density at radius 2 is 2.21 bits per heavy atom. The molecule has 0 bridgehead atoms. The number of nitro benzene ring substituents is 1. The van der Waals surface area contributed by atoms with Crippen LogP contribution < -0.4 is 5.32 Å². The minimum Gasteiger partial charge on any atom is -0.377 e. The van der Waals surface area contributed by atoms with Crippen LogP contribution in [0.1, 0.15) is 19.8 Å². The Bertz CT molecular complexity index is 450. The highest BCUT2D eigenvalue weighted by Crippen LogP contribution is 2.27. The van der Waals surface area contributed by atoms with Crippen molar-refractivity contribution in [3.05, 3.63) is 34.4 Å². The average Bonchev–Trinajstić information content (AvgIpc) is 2.39. The fraction of sp³-hybridized carbons (Fsp3) is 0.571. The number of benzene rings is 1. The first-order chi connectivity index (χ1) is 9.08. The van der Waals surface area contributed by atoms with E-state index in [1.54, 1.807) is 18.2 Å². The predicted molar refractivity (Wildman–Crippen MR) is 76.4 cm³/mol. The Hall–Kier alpha value is -1.62. The molecule has 1 N–H and O–H groups in total. The van der Waals surface area contributed by atoms with Crippen LogP contribution in [0.5, 0.6) is 0 Å². The van der Waals surface area contributed by atoms with E-state index in [0.717, 1.165) is 13.1 Å². The zero-order valence-corrected chi connectivity index (χ0v) is 11.5. The monoisotopic (exact) mass is 263 g/mol. The first kappa shape index (κ1) is 13.8. The van der Waals surface area contributed by atoms with E-state index in [4.69, 9.17) is 0 Å². The molecule has 5 nitrogen and oxygen atoms in total. The van der Waals surface area contributed by atoms with Gasteiger partial charge >= 0.3 is 0 Å². The molecule has 1 aliphatic heterocycles. The van der Waals surface area contributed by atoms with Gasteiger partial charge in [-0.15, -0.1) is 0 Å². The van der Waals surface area contributed by atoms with Crippen LogP contribution in [0.3, 0.4) is 0 Å². The summed E-state index contributed by atoms with van der Waals surface area (Å²) in [4.78, 5) is 13.0. The normalized spacial score (nSPS) is 21.9. The summed E-state index contributed by atoms with van der Waals surface area (Å²) in [6, 6.07) is 7.09. The third-order valence-corrected chi connectivity index (χ3v) is 3.85. The van der Waals surface area contributed by atoms with Gasteiger partial charge < -0.3 is 10.2 Å². The molecule has 0 saturated carbocycles. The van der Waals surface area contributed by atoms with Crippen LogP contribution in [0.4, 0.5) is 11.4 Å². The van der Waals surface area contributed by atoms with E-state index in [1.807, 2.05) is 6.07 Å². The van der Waals surface area contributed by atoms with E-state index < -0.39 is 0 Å². The summed E-state index contributed by atoms with van der Waals surface area (Å²) in [5.74, 6) is 0.540. The molecule has 1 aromatic rings. The quantitative estimate of drug-likeness (QED) is 0.670. The van der Waals surface area contributed by atoms with Gasteiger partial charge in [0.05, 0.1) is 4.92 Å². The van der Waals surface area contributed by atoms with Gasteiger partial charge in [0.25, 0.3) is 5.69 Å². The van der Waals surface area contributed by atoms with Crippen molar-refractivity contribution in [1.82, 2.24) is 4.90 Å². The van der Waals surface area contributed by atoms with Gasteiger partial charge in [0.15, 0.2) is 0 Å². The van der Waals surface area contributed by atoms with Crippen molar-refractivity contribution in [2.75, 3.05) is 25.5 Å². The zero-order chi connectivity index (χ0) is 13.8. The maximum absolute atomic E-state index is 11.0. The van der Waals surface area contributed by atoms with Gasteiger partial charge in [0.2, 0.25) is 0 Å². The first-order valence-corrected chi connectivity index (χ1v) is 6.76. The molecule has 5 heteroatoms. The Kier molecular flexibility index (Phi) is 4.37. The van der Waals surface area contributed by atoms with Gasteiger partial charge in [-0.1, -0.05) is 12.1 Å². The molecule has 1 heterocycles. The number of likely N-dealkylation sites (tertiary alicyclic amines) is 1. The lowest BCUT2D eigenvalue weighted by Gasteiger charge is -2.34. The molecule has 0 radical (unpaired) electrons. The molecular weight excluding hydrogens is 242 g/mol. The van der Waals surface area contributed by atoms with Crippen molar-refractivity contribution < 1.29 is 4.92 Å². The van der Waals surface area contributed by atoms with E-state index in [0.29, 0.717) is 11.6 Å². The molecule has 1 aromatic carbocycles. The number of hydrogen-bond acceptors (Lipinski definition) is 4. The van der Waals surface area contributed by atoms with Crippen LogP contribution in [0.25, 0.3) is 0 Å². The van der Waals surface area contributed by atoms with Crippen molar-refractivity contribution in [2.45, 2.75) is 25.8 Å². The summed E-state index contributed by atoms with van der Waals surface area (Å²) in [7, 11) is 2.13. The van der Waals surface area contributed by atoms with Gasteiger partial charge in [-0.2, -0.15) is 0 Å². The van der Waals surface area contributed by atoms with E-state index >= 15 is 0 Å². The number of nitrogens with one attached hydrogen (secondary N) is 1. The second-order valence-corrected chi connectivity index (χ2v) is 5.37. The summed E-state index contributed by atoms with van der Waals surface area (Å²) >= 11 is 0. The molecule has 0 aromatic heterocycles. The largest absolute Gasteiger partial charge is 0.377 e. The molecule has 2 rings (SSSR count). The van der Waals surface area contributed by atoms with Crippen LogP contribution in [-0.2, 0) is 0 Å². The maximum atomic E-state index is 11.0. The van der Waals surface area contributed by atoms with Crippen molar-refractivity contribution in [2.24, 2.45) is 5.92 Å². The van der Waals surface area contributed by atoms with Crippen LogP contribution in [-0.4, -0.2) is 36.0 Å². The fourth-order valence-electron chi connectivity index (χ4n) is 2.73. The van der Waals surface area contributed by atoms with E-state index in [1.165, 1.54) is 12.8 Å². The Labute approximate surface area is 113 Å². The second-order valence-electron chi connectivity index (χ2n) is 5.37. The lowest BCUT2D eigenvalue weighted by molar-refractivity contribution is -0.384. The second kappa shape index (κ2) is 6.02. The van der Waals surface area contributed by atoms with Crippen LogP contribution in [0.2, 0.25) is 0 Å². The third kappa shape index (κ3) is 3.44. The van der Waals surface area contributed by atoms with Gasteiger partial charge in [0, 0.05) is 18.7 Å². The number of nitrogens with zero attached hydrogens (tertiary/aromatic N) is 2. The molecule has 0 spiro atoms. The zero-order valence-electron chi connectivity index (χ0n) is 11.5. The van der Waals surface area contributed by atoms with Crippen LogP contribution >= 0.6 is 0 Å². The van der Waals surface area contributed by atoms with Gasteiger partial charge in [-0.3, -0.25) is 10.1 Å². The summed E-state index contributed by atoms with van der Waals surface area (Å²) in [6.07, 6.45) is 2.38. The van der Waals surface area contributed by atoms with Crippen LogP contribution in [0.15, 0.2) is 24.3 Å². The average molecular weight is 263 g/mol. The Balaban J connectivity index is 2.06. The molecule has 104 valence electrons. The van der Waals surface area contributed by atoms with E-state index in [9.17, 15) is 10.1 Å². The highest BCUT2D eigenvalue weighted by atomic mass is 16.6.